The lowest BCUT2D eigenvalue weighted by Gasteiger charge is -2.39. The van der Waals surface area contributed by atoms with Crippen molar-refractivity contribution < 1.29 is 9.59 Å². The van der Waals surface area contributed by atoms with Gasteiger partial charge in [-0.1, -0.05) is 44.2 Å². The maximum atomic E-state index is 13.3. The van der Waals surface area contributed by atoms with E-state index in [9.17, 15) is 9.59 Å². The van der Waals surface area contributed by atoms with Crippen molar-refractivity contribution >= 4 is 17.5 Å². The number of hydrogen-bond donors (Lipinski definition) is 1. The van der Waals surface area contributed by atoms with Crippen molar-refractivity contribution in [3.8, 4) is 11.1 Å². The summed E-state index contributed by atoms with van der Waals surface area (Å²) in [4.78, 5) is 30.4. The molecular formula is C31H39N5O2. The Morgan fingerprint density at radius 3 is 2.37 bits per heavy atom. The minimum atomic E-state index is 0.0185. The number of nitrogens with zero attached hydrogens (tertiary/aromatic N) is 4. The van der Waals surface area contributed by atoms with E-state index >= 15 is 0 Å². The molecule has 2 amide bonds. The van der Waals surface area contributed by atoms with Gasteiger partial charge in [-0.05, 0) is 60.4 Å². The SMILES string of the molecule is Cc1ccc(C(=O)N2CCC(c3ccc(-c4cnn(C)c4)cc3)CC2)cc1NC(=O)C1CN(CC(C)C)C1. The summed E-state index contributed by atoms with van der Waals surface area (Å²) >= 11 is 0. The number of aromatic nitrogens is 2. The second kappa shape index (κ2) is 11.1. The maximum absolute atomic E-state index is 13.3. The van der Waals surface area contributed by atoms with Crippen molar-refractivity contribution in [2.45, 2.75) is 39.5 Å². The van der Waals surface area contributed by atoms with Gasteiger partial charge in [0.25, 0.3) is 5.91 Å². The predicted molar refractivity (Wildman–Crippen MR) is 151 cm³/mol. The van der Waals surface area contributed by atoms with Crippen LogP contribution in [0.3, 0.4) is 0 Å². The number of rotatable bonds is 7. The molecule has 3 aromatic rings. The molecule has 5 rings (SSSR count). The predicted octanol–water partition coefficient (Wildman–Crippen LogP) is 4.94. The third kappa shape index (κ3) is 5.83. The number of hydrogen-bond acceptors (Lipinski definition) is 4. The van der Waals surface area contributed by atoms with Gasteiger partial charge in [0, 0.05) is 62.8 Å². The molecule has 2 aliphatic rings. The van der Waals surface area contributed by atoms with Crippen LogP contribution in [0.5, 0.6) is 0 Å². The van der Waals surface area contributed by atoms with E-state index in [-0.39, 0.29) is 17.7 Å². The number of nitrogens with one attached hydrogen (secondary N) is 1. The molecule has 1 aromatic heterocycles. The Morgan fingerprint density at radius 2 is 1.74 bits per heavy atom. The molecule has 200 valence electrons. The number of benzene rings is 2. The summed E-state index contributed by atoms with van der Waals surface area (Å²) < 4.78 is 1.82. The summed E-state index contributed by atoms with van der Waals surface area (Å²) in [6.45, 7) is 10.5. The van der Waals surface area contributed by atoms with Crippen LogP contribution < -0.4 is 5.32 Å². The highest BCUT2D eigenvalue weighted by Crippen LogP contribution is 2.31. The minimum absolute atomic E-state index is 0.0185. The molecule has 0 aliphatic carbocycles. The quantitative estimate of drug-likeness (QED) is 0.486. The third-order valence-electron chi connectivity index (χ3n) is 7.90. The standard InChI is InChI=1S/C31H39N5O2/c1-21(2)17-35-19-28(20-35)30(37)33-29-15-26(6-5-22(29)3)31(38)36-13-11-25(12-14-36)23-7-9-24(10-8-23)27-16-32-34(4)18-27/h5-10,15-16,18,21,25,28H,11-14,17,19-20H2,1-4H3,(H,33,37). The van der Waals surface area contributed by atoms with Crippen molar-refractivity contribution in [2.75, 3.05) is 38.0 Å². The van der Waals surface area contributed by atoms with Gasteiger partial charge in [0.2, 0.25) is 5.91 Å². The fourth-order valence-corrected chi connectivity index (χ4v) is 5.64. The van der Waals surface area contributed by atoms with Crippen molar-refractivity contribution in [2.24, 2.45) is 18.9 Å². The molecule has 2 aromatic carbocycles. The van der Waals surface area contributed by atoms with E-state index in [0.29, 0.717) is 17.4 Å². The Kier molecular flexibility index (Phi) is 7.65. The zero-order valence-corrected chi connectivity index (χ0v) is 23.0. The molecule has 3 heterocycles. The van der Waals surface area contributed by atoms with Crippen molar-refractivity contribution in [3.05, 3.63) is 71.5 Å². The summed E-state index contributed by atoms with van der Waals surface area (Å²) in [5.41, 5.74) is 5.97. The van der Waals surface area contributed by atoms with Gasteiger partial charge in [-0.2, -0.15) is 5.10 Å². The van der Waals surface area contributed by atoms with Crippen LogP contribution in [-0.2, 0) is 11.8 Å². The molecular weight excluding hydrogens is 474 g/mol. The lowest BCUT2D eigenvalue weighted by molar-refractivity contribution is -0.125. The third-order valence-corrected chi connectivity index (χ3v) is 7.90. The van der Waals surface area contributed by atoms with Gasteiger partial charge < -0.3 is 15.1 Å². The zero-order valence-electron chi connectivity index (χ0n) is 23.0. The highest BCUT2D eigenvalue weighted by atomic mass is 16.2. The molecule has 38 heavy (non-hydrogen) atoms. The van der Waals surface area contributed by atoms with Gasteiger partial charge in [0.1, 0.15) is 0 Å². The second-order valence-corrected chi connectivity index (χ2v) is 11.4. The van der Waals surface area contributed by atoms with E-state index < -0.39 is 0 Å². The van der Waals surface area contributed by atoms with Crippen LogP contribution in [0.2, 0.25) is 0 Å². The van der Waals surface area contributed by atoms with Crippen LogP contribution in [0, 0.1) is 18.8 Å². The van der Waals surface area contributed by atoms with Crippen LogP contribution in [0.25, 0.3) is 11.1 Å². The number of anilines is 1. The average molecular weight is 514 g/mol. The van der Waals surface area contributed by atoms with Crippen molar-refractivity contribution in [1.82, 2.24) is 19.6 Å². The van der Waals surface area contributed by atoms with Gasteiger partial charge in [-0.15, -0.1) is 0 Å². The number of piperidine rings is 1. The summed E-state index contributed by atoms with van der Waals surface area (Å²) in [5, 5.41) is 7.35. The fraction of sp³-hybridized carbons (Fsp3) is 0.452. The number of carbonyl (C=O) groups is 2. The second-order valence-electron chi connectivity index (χ2n) is 11.4. The Balaban J connectivity index is 1.16. The Labute approximate surface area is 225 Å². The lowest BCUT2D eigenvalue weighted by Crippen LogP contribution is -2.52. The van der Waals surface area contributed by atoms with Crippen LogP contribution in [0.4, 0.5) is 5.69 Å². The van der Waals surface area contributed by atoms with E-state index in [1.807, 2.05) is 54.1 Å². The molecule has 0 radical (unpaired) electrons. The molecule has 0 bridgehead atoms. The topological polar surface area (TPSA) is 70.5 Å². The molecule has 0 saturated carbocycles. The summed E-state index contributed by atoms with van der Waals surface area (Å²) in [6, 6.07) is 14.4. The van der Waals surface area contributed by atoms with Crippen LogP contribution >= 0.6 is 0 Å². The van der Waals surface area contributed by atoms with Gasteiger partial charge in [-0.25, -0.2) is 0 Å². The molecule has 7 heteroatoms. The summed E-state index contributed by atoms with van der Waals surface area (Å²) in [6.07, 6.45) is 5.80. The summed E-state index contributed by atoms with van der Waals surface area (Å²) in [5.74, 6) is 1.16. The van der Waals surface area contributed by atoms with E-state index in [1.165, 1.54) is 11.1 Å². The molecule has 7 nitrogen and oxygen atoms in total. The molecule has 0 spiro atoms. The highest BCUT2D eigenvalue weighted by Gasteiger charge is 2.33. The highest BCUT2D eigenvalue weighted by molar-refractivity contribution is 5.98. The van der Waals surface area contributed by atoms with Crippen molar-refractivity contribution in [1.29, 1.82) is 0 Å². The van der Waals surface area contributed by atoms with Crippen LogP contribution in [-0.4, -0.2) is 64.1 Å². The number of amides is 2. The maximum Gasteiger partial charge on any atom is 0.253 e. The molecule has 0 unspecified atom stereocenters. The average Bonchev–Trinajstić information content (AvgIpc) is 3.33. The number of likely N-dealkylation sites (tertiary alicyclic amines) is 2. The molecule has 2 saturated heterocycles. The fourth-order valence-electron chi connectivity index (χ4n) is 5.64. The van der Waals surface area contributed by atoms with Gasteiger partial charge in [-0.3, -0.25) is 14.3 Å². The van der Waals surface area contributed by atoms with E-state index in [0.717, 1.165) is 62.4 Å². The monoisotopic (exact) mass is 513 g/mol. The van der Waals surface area contributed by atoms with Crippen LogP contribution in [0.15, 0.2) is 54.9 Å². The largest absolute Gasteiger partial charge is 0.339 e. The molecule has 1 N–H and O–H groups in total. The number of carbonyl (C=O) groups excluding carboxylic acids is 2. The lowest BCUT2D eigenvalue weighted by atomic mass is 9.88. The van der Waals surface area contributed by atoms with Crippen LogP contribution in [0.1, 0.15) is 54.1 Å². The Hall–Kier alpha value is -3.45. The Morgan fingerprint density at radius 1 is 1.03 bits per heavy atom. The number of aryl methyl sites for hydroxylation is 2. The molecule has 2 fully saturated rings. The Bertz CT molecular complexity index is 1280. The minimum Gasteiger partial charge on any atom is -0.339 e. The van der Waals surface area contributed by atoms with E-state index in [1.54, 1.807) is 0 Å². The van der Waals surface area contributed by atoms with Gasteiger partial charge in [0.15, 0.2) is 0 Å². The van der Waals surface area contributed by atoms with Gasteiger partial charge in [0.05, 0.1) is 12.1 Å². The smallest absolute Gasteiger partial charge is 0.253 e. The summed E-state index contributed by atoms with van der Waals surface area (Å²) in [7, 11) is 1.93. The van der Waals surface area contributed by atoms with E-state index in [4.69, 9.17) is 0 Å². The van der Waals surface area contributed by atoms with E-state index in [2.05, 4.69) is 53.4 Å². The van der Waals surface area contributed by atoms with Crippen molar-refractivity contribution in [3.63, 3.8) is 0 Å². The molecule has 0 atom stereocenters. The molecule has 2 aliphatic heterocycles. The normalized spacial score (nSPS) is 17.0. The first-order chi connectivity index (χ1) is 18.3. The zero-order chi connectivity index (χ0) is 26.8. The first kappa shape index (κ1) is 26.2. The van der Waals surface area contributed by atoms with Gasteiger partial charge >= 0.3 is 0 Å². The first-order valence-corrected chi connectivity index (χ1v) is 13.8. The first-order valence-electron chi connectivity index (χ1n) is 13.8.